The lowest BCUT2D eigenvalue weighted by Crippen LogP contribution is -2.51. The summed E-state index contributed by atoms with van der Waals surface area (Å²) in [5.74, 6) is 1.69. The van der Waals surface area contributed by atoms with E-state index in [0.29, 0.717) is 18.4 Å². The van der Waals surface area contributed by atoms with Crippen LogP contribution >= 0.6 is 0 Å². The van der Waals surface area contributed by atoms with Crippen LogP contribution in [0.2, 0.25) is 0 Å². The van der Waals surface area contributed by atoms with Crippen LogP contribution in [0.5, 0.6) is 5.75 Å². The molecular formula is C27H34N2O3. The number of benzene rings is 2. The van der Waals surface area contributed by atoms with Crippen LogP contribution in [0.15, 0.2) is 54.6 Å². The number of piperidine rings is 1. The van der Waals surface area contributed by atoms with Crippen LogP contribution in [0.4, 0.5) is 0 Å². The van der Waals surface area contributed by atoms with Gasteiger partial charge >= 0.3 is 0 Å². The molecule has 1 heterocycles. The highest BCUT2D eigenvalue weighted by atomic mass is 16.5. The molecule has 170 valence electrons. The van der Waals surface area contributed by atoms with E-state index in [2.05, 4.69) is 29.3 Å². The molecule has 3 unspecified atom stereocenters. The van der Waals surface area contributed by atoms with E-state index in [-0.39, 0.29) is 17.9 Å². The molecule has 3 aliphatic rings. The lowest BCUT2D eigenvalue weighted by atomic mass is 9.79. The highest BCUT2D eigenvalue weighted by molar-refractivity contribution is 5.87. The number of amides is 1. The average molecular weight is 435 g/mol. The van der Waals surface area contributed by atoms with Crippen LogP contribution in [0.25, 0.3) is 0 Å². The number of likely N-dealkylation sites (tertiary alicyclic amines) is 1. The molecule has 2 saturated carbocycles. The van der Waals surface area contributed by atoms with Crippen LogP contribution in [0.1, 0.15) is 36.8 Å². The summed E-state index contributed by atoms with van der Waals surface area (Å²) < 4.78 is 5.90. The normalized spacial score (nSPS) is 27.0. The lowest BCUT2D eigenvalue weighted by Gasteiger charge is -2.33. The third kappa shape index (κ3) is 4.16. The Morgan fingerprint density at radius 2 is 1.81 bits per heavy atom. The summed E-state index contributed by atoms with van der Waals surface area (Å²) in [5.41, 5.74) is 0.511. The molecule has 2 N–H and O–H groups in total. The number of hydrogen-bond donors (Lipinski definition) is 2. The molecule has 32 heavy (non-hydrogen) atoms. The van der Waals surface area contributed by atoms with E-state index in [9.17, 15) is 9.90 Å². The van der Waals surface area contributed by atoms with Crippen LogP contribution in [-0.4, -0.2) is 48.2 Å². The van der Waals surface area contributed by atoms with Gasteiger partial charge in [0, 0.05) is 31.6 Å². The summed E-state index contributed by atoms with van der Waals surface area (Å²) in [4.78, 5) is 15.8. The number of aliphatic hydroxyl groups is 1. The van der Waals surface area contributed by atoms with Gasteiger partial charge in [-0.05, 0) is 54.9 Å². The number of hydrogen-bond acceptors (Lipinski definition) is 4. The minimum Gasteiger partial charge on any atom is -0.492 e. The Kier molecular flexibility index (Phi) is 5.95. The van der Waals surface area contributed by atoms with Crippen LogP contribution in [0.3, 0.4) is 0 Å². The van der Waals surface area contributed by atoms with Crippen molar-refractivity contribution < 1.29 is 14.6 Å². The Bertz CT molecular complexity index is 931. The standard InChI is InChI=1S/C27H34N2O3/c1-19-8-7-13-22(16-19)32-15-14-29-17-23-24(18-29)25(23)28-26(30)27(31,21-11-5-6-12-21)20-9-3-2-4-10-20/h2-4,7-10,13,16,21,23-25,31H,5-6,11-12,14-15,17-18H2,1H3,(H,28,30). The quantitative estimate of drug-likeness (QED) is 0.668. The maximum Gasteiger partial charge on any atom is 0.257 e. The van der Waals surface area contributed by atoms with Crippen molar-refractivity contribution in [3.63, 3.8) is 0 Å². The van der Waals surface area contributed by atoms with Crippen molar-refractivity contribution in [1.82, 2.24) is 10.2 Å². The molecule has 1 amide bonds. The molecule has 5 rings (SSSR count). The van der Waals surface area contributed by atoms with Gasteiger partial charge in [0.15, 0.2) is 5.60 Å². The Balaban J connectivity index is 1.14. The fourth-order valence-electron chi connectivity index (χ4n) is 5.86. The predicted octanol–water partition coefficient (Wildman–Crippen LogP) is 3.50. The van der Waals surface area contributed by atoms with Crippen molar-refractivity contribution >= 4 is 5.91 Å². The van der Waals surface area contributed by atoms with Gasteiger partial charge < -0.3 is 15.2 Å². The average Bonchev–Trinajstić information content (AvgIpc) is 3.22. The largest absolute Gasteiger partial charge is 0.492 e. The van der Waals surface area contributed by atoms with Gasteiger partial charge in [0.2, 0.25) is 0 Å². The molecule has 5 heteroatoms. The number of carbonyl (C=O) groups excluding carboxylic acids is 1. The van der Waals surface area contributed by atoms with E-state index in [1.807, 2.05) is 42.5 Å². The van der Waals surface area contributed by atoms with E-state index in [0.717, 1.165) is 56.6 Å². The molecule has 5 nitrogen and oxygen atoms in total. The maximum absolute atomic E-state index is 13.4. The summed E-state index contributed by atoms with van der Waals surface area (Å²) in [5, 5.41) is 14.9. The molecule has 2 aliphatic carbocycles. The fourth-order valence-corrected chi connectivity index (χ4v) is 5.86. The topological polar surface area (TPSA) is 61.8 Å². The number of rotatable bonds is 8. The first-order valence-electron chi connectivity index (χ1n) is 12.1. The van der Waals surface area contributed by atoms with Gasteiger partial charge in [-0.1, -0.05) is 55.3 Å². The van der Waals surface area contributed by atoms with Gasteiger partial charge in [-0.15, -0.1) is 0 Å². The molecule has 0 aromatic heterocycles. The Labute approximate surface area is 190 Å². The summed E-state index contributed by atoms with van der Waals surface area (Å²) in [6.45, 7) is 5.62. The molecule has 0 radical (unpaired) electrons. The second-order valence-electron chi connectivity index (χ2n) is 9.87. The van der Waals surface area contributed by atoms with E-state index >= 15 is 0 Å². The van der Waals surface area contributed by atoms with Gasteiger partial charge in [0.05, 0.1) is 0 Å². The van der Waals surface area contributed by atoms with Crippen molar-refractivity contribution in [3.8, 4) is 5.75 Å². The van der Waals surface area contributed by atoms with Crippen molar-refractivity contribution in [2.45, 2.75) is 44.2 Å². The van der Waals surface area contributed by atoms with Gasteiger partial charge in [-0.2, -0.15) is 0 Å². The van der Waals surface area contributed by atoms with Crippen molar-refractivity contribution in [1.29, 1.82) is 0 Å². The van der Waals surface area contributed by atoms with E-state index in [1.165, 1.54) is 5.56 Å². The van der Waals surface area contributed by atoms with Crippen molar-refractivity contribution in [3.05, 3.63) is 65.7 Å². The van der Waals surface area contributed by atoms with E-state index in [4.69, 9.17) is 4.74 Å². The second kappa shape index (κ2) is 8.87. The molecule has 1 saturated heterocycles. The molecule has 0 spiro atoms. The second-order valence-corrected chi connectivity index (χ2v) is 9.87. The minimum atomic E-state index is -1.42. The summed E-state index contributed by atoms with van der Waals surface area (Å²) in [7, 11) is 0. The molecule has 0 bridgehead atoms. The summed E-state index contributed by atoms with van der Waals surface area (Å²) in [6.07, 6.45) is 3.98. The monoisotopic (exact) mass is 434 g/mol. The number of ether oxygens (including phenoxy) is 1. The maximum atomic E-state index is 13.4. The SMILES string of the molecule is Cc1cccc(OCCN2CC3C(C2)C3NC(=O)C(O)(c2ccccc2)C2CCCC2)c1. The zero-order valence-corrected chi connectivity index (χ0v) is 18.9. The smallest absolute Gasteiger partial charge is 0.257 e. The zero-order chi connectivity index (χ0) is 22.1. The van der Waals surface area contributed by atoms with Gasteiger partial charge in [0.25, 0.3) is 5.91 Å². The number of nitrogens with one attached hydrogen (secondary N) is 1. The number of carbonyl (C=O) groups is 1. The highest BCUT2D eigenvalue weighted by Gasteiger charge is 2.58. The molecule has 1 aliphatic heterocycles. The minimum absolute atomic E-state index is 0.00115. The molecule has 3 atom stereocenters. The van der Waals surface area contributed by atoms with E-state index < -0.39 is 5.60 Å². The van der Waals surface area contributed by atoms with Crippen molar-refractivity contribution in [2.24, 2.45) is 17.8 Å². The molecule has 2 aromatic carbocycles. The highest BCUT2D eigenvalue weighted by Crippen LogP contribution is 2.47. The van der Waals surface area contributed by atoms with Crippen molar-refractivity contribution in [2.75, 3.05) is 26.2 Å². The number of aryl methyl sites for hydroxylation is 1. The van der Waals surface area contributed by atoms with Crippen LogP contribution < -0.4 is 10.1 Å². The Morgan fingerprint density at radius 3 is 2.50 bits per heavy atom. The summed E-state index contributed by atoms with van der Waals surface area (Å²) >= 11 is 0. The number of fused-ring (bicyclic) bond motifs is 1. The third-order valence-corrected chi connectivity index (χ3v) is 7.74. The first-order valence-corrected chi connectivity index (χ1v) is 12.1. The molecule has 3 fully saturated rings. The van der Waals surface area contributed by atoms with E-state index in [1.54, 1.807) is 0 Å². The Hall–Kier alpha value is -2.37. The first-order chi connectivity index (χ1) is 15.6. The van der Waals surface area contributed by atoms with Crippen LogP contribution in [0, 0.1) is 24.7 Å². The Morgan fingerprint density at radius 1 is 1.09 bits per heavy atom. The van der Waals surface area contributed by atoms with Gasteiger partial charge in [-0.3, -0.25) is 9.69 Å². The number of nitrogens with zero attached hydrogens (tertiary/aromatic N) is 1. The third-order valence-electron chi connectivity index (χ3n) is 7.74. The predicted molar refractivity (Wildman–Crippen MR) is 124 cm³/mol. The molecule has 2 aromatic rings. The van der Waals surface area contributed by atoms with Gasteiger partial charge in [-0.25, -0.2) is 0 Å². The van der Waals surface area contributed by atoms with Crippen LogP contribution in [-0.2, 0) is 10.4 Å². The fraction of sp³-hybridized carbons (Fsp3) is 0.519. The lowest BCUT2D eigenvalue weighted by molar-refractivity contribution is -0.147. The first kappa shape index (κ1) is 21.5. The molecular weight excluding hydrogens is 400 g/mol. The van der Waals surface area contributed by atoms with Gasteiger partial charge in [0.1, 0.15) is 12.4 Å². The summed E-state index contributed by atoms with van der Waals surface area (Å²) in [6, 6.07) is 17.9. The zero-order valence-electron chi connectivity index (χ0n) is 18.9.